The Bertz CT molecular complexity index is 322. The van der Waals surface area contributed by atoms with Crippen molar-refractivity contribution < 1.29 is 4.74 Å². The number of ether oxygens (including phenoxy) is 1. The summed E-state index contributed by atoms with van der Waals surface area (Å²) in [4.78, 5) is 5.13. The zero-order chi connectivity index (χ0) is 10.6. The minimum Gasteiger partial charge on any atom is -0.383 e. The van der Waals surface area contributed by atoms with Crippen LogP contribution in [0.3, 0.4) is 0 Å². The molecule has 4 nitrogen and oxygen atoms in total. The van der Waals surface area contributed by atoms with E-state index < -0.39 is 0 Å². The van der Waals surface area contributed by atoms with Gasteiger partial charge in [-0.25, -0.2) is 4.98 Å². The lowest BCUT2D eigenvalue weighted by Crippen LogP contribution is -2.11. The maximum absolute atomic E-state index is 7.39. The van der Waals surface area contributed by atoms with Crippen LogP contribution in [-0.4, -0.2) is 17.9 Å². The van der Waals surface area contributed by atoms with Crippen molar-refractivity contribution in [2.45, 2.75) is 26.4 Å². The van der Waals surface area contributed by atoms with Gasteiger partial charge in [-0.15, -0.1) is 11.3 Å². The Hall–Kier alpha value is -0.940. The first-order chi connectivity index (χ1) is 6.69. The largest absolute Gasteiger partial charge is 0.383 e. The SMILES string of the molecule is CCCc1nc(COC)c(C(=N)N)s1. The van der Waals surface area contributed by atoms with Crippen LogP contribution < -0.4 is 5.73 Å². The van der Waals surface area contributed by atoms with E-state index in [1.54, 1.807) is 7.11 Å². The van der Waals surface area contributed by atoms with E-state index in [0.29, 0.717) is 6.61 Å². The molecule has 0 aliphatic carbocycles. The second-order valence-electron chi connectivity index (χ2n) is 2.98. The van der Waals surface area contributed by atoms with E-state index in [4.69, 9.17) is 15.9 Å². The molecule has 1 aromatic heterocycles. The molecule has 1 aromatic rings. The first kappa shape index (κ1) is 11.1. The summed E-state index contributed by atoms with van der Waals surface area (Å²) in [5, 5.41) is 8.42. The molecule has 0 spiro atoms. The van der Waals surface area contributed by atoms with Crippen LogP contribution in [0.25, 0.3) is 0 Å². The topological polar surface area (TPSA) is 72.0 Å². The Kier molecular flexibility index (Phi) is 4.03. The smallest absolute Gasteiger partial charge is 0.135 e. The van der Waals surface area contributed by atoms with Gasteiger partial charge in [0.25, 0.3) is 0 Å². The molecule has 5 heteroatoms. The van der Waals surface area contributed by atoms with E-state index in [1.165, 1.54) is 11.3 Å². The van der Waals surface area contributed by atoms with Crippen molar-refractivity contribution in [2.24, 2.45) is 5.73 Å². The highest BCUT2D eigenvalue weighted by Crippen LogP contribution is 2.19. The highest BCUT2D eigenvalue weighted by molar-refractivity contribution is 7.13. The zero-order valence-corrected chi connectivity index (χ0v) is 9.28. The molecular formula is C9H15N3OS. The Balaban J connectivity index is 2.93. The summed E-state index contributed by atoms with van der Waals surface area (Å²) >= 11 is 1.49. The minimum atomic E-state index is 0.0805. The van der Waals surface area contributed by atoms with Crippen molar-refractivity contribution >= 4 is 17.2 Å². The predicted molar refractivity (Wildman–Crippen MR) is 57.8 cm³/mol. The average Bonchev–Trinajstić information content (AvgIpc) is 2.49. The monoisotopic (exact) mass is 213 g/mol. The number of nitrogens with zero attached hydrogens (tertiary/aromatic N) is 1. The van der Waals surface area contributed by atoms with E-state index in [1.807, 2.05) is 0 Å². The molecule has 0 bridgehead atoms. The molecule has 0 radical (unpaired) electrons. The molecule has 0 aromatic carbocycles. The highest BCUT2D eigenvalue weighted by Gasteiger charge is 2.12. The van der Waals surface area contributed by atoms with Crippen molar-refractivity contribution in [1.29, 1.82) is 5.41 Å². The van der Waals surface area contributed by atoms with Crippen molar-refractivity contribution in [3.8, 4) is 0 Å². The first-order valence-electron chi connectivity index (χ1n) is 4.51. The van der Waals surface area contributed by atoms with E-state index in [2.05, 4.69) is 11.9 Å². The van der Waals surface area contributed by atoms with Crippen LogP contribution in [0.1, 0.15) is 28.9 Å². The third kappa shape index (κ3) is 2.52. The molecule has 0 unspecified atom stereocenters. The summed E-state index contributed by atoms with van der Waals surface area (Å²) in [6.45, 7) is 2.53. The van der Waals surface area contributed by atoms with Gasteiger partial charge in [0.2, 0.25) is 0 Å². The second kappa shape index (κ2) is 5.07. The predicted octanol–water partition coefficient (Wildman–Crippen LogP) is 1.53. The van der Waals surface area contributed by atoms with E-state index in [0.717, 1.165) is 28.4 Å². The maximum Gasteiger partial charge on any atom is 0.135 e. The average molecular weight is 213 g/mol. The third-order valence-corrected chi connectivity index (χ3v) is 2.92. The van der Waals surface area contributed by atoms with Gasteiger partial charge in [0.15, 0.2) is 0 Å². The number of thiazole rings is 1. The van der Waals surface area contributed by atoms with Crippen LogP contribution >= 0.6 is 11.3 Å². The fraction of sp³-hybridized carbons (Fsp3) is 0.556. The van der Waals surface area contributed by atoms with Gasteiger partial charge in [-0.2, -0.15) is 0 Å². The number of aryl methyl sites for hydroxylation is 1. The van der Waals surface area contributed by atoms with Gasteiger partial charge in [0, 0.05) is 7.11 Å². The van der Waals surface area contributed by atoms with Gasteiger partial charge in [-0.05, 0) is 12.8 Å². The Morgan fingerprint density at radius 3 is 2.86 bits per heavy atom. The summed E-state index contributed by atoms with van der Waals surface area (Å²) in [5.41, 5.74) is 6.24. The summed E-state index contributed by atoms with van der Waals surface area (Å²) < 4.78 is 5.00. The number of nitrogens with one attached hydrogen (secondary N) is 1. The summed E-state index contributed by atoms with van der Waals surface area (Å²) in [5.74, 6) is 0.0805. The van der Waals surface area contributed by atoms with Gasteiger partial charge in [0.1, 0.15) is 5.84 Å². The highest BCUT2D eigenvalue weighted by atomic mass is 32.1. The molecule has 0 fully saturated rings. The van der Waals surface area contributed by atoms with Crippen molar-refractivity contribution in [2.75, 3.05) is 7.11 Å². The number of rotatable bonds is 5. The van der Waals surface area contributed by atoms with Crippen molar-refractivity contribution in [3.05, 3.63) is 15.6 Å². The van der Waals surface area contributed by atoms with E-state index in [9.17, 15) is 0 Å². The Morgan fingerprint density at radius 2 is 2.36 bits per heavy atom. The molecule has 0 aliphatic rings. The fourth-order valence-electron chi connectivity index (χ4n) is 1.17. The molecule has 0 saturated heterocycles. The number of hydrogen-bond acceptors (Lipinski definition) is 4. The lowest BCUT2D eigenvalue weighted by Gasteiger charge is -1.97. The number of methoxy groups -OCH3 is 1. The normalized spacial score (nSPS) is 10.4. The van der Waals surface area contributed by atoms with E-state index in [-0.39, 0.29) is 5.84 Å². The number of nitrogen functional groups attached to an aromatic ring is 1. The van der Waals surface area contributed by atoms with Crippen molar-refractivity contribution in [3.63, 3.8) is 0 Å². The number of aromatic nitrogens is 1. The van der Waals surface area contributed by atoms with Crippen LogP contribution in [0.4, 0.5) is 0 Å². The molecule has 0 aliphatic heterocycles. The quantitative estimate of drug-likeness (QED) is 0.575. The third-order valence-electron chi connectivity index (χ3n) is 1.73. The van der Waals surface area contributed by atoms with Gasteiger partial charge >= 0.3 is 0 Å². The molecule has 0 atom stereocenters. The number of nitrogens with two attached hydrogens (primary N) is 1. The standard InChI is InChI=1S/C9H15N3OS/c1-3-4-7-12-6(5-13-2)8(14-7)9(10)11/h3-5H2,1-2H3,(H3,10,11). The summed E-state index contributed by atoms with van der Waals surface area (Å²) in [7, 11) is 1.61. The molecule has 78 valence electrons. The molecule has 1 rings (SSSR count). The van der Waals surface area contributed by atoms with Crippen LogP contribution in [-0.2, 0) is 17.8 Å². The molecule has 14 heavy (non-hydrogen) atoms. The van der Waals surface area contributed by atoms with Gasteiger partial charge in [-0.3, -0.25) is 5.41 Å². The van der Waals surface area contributed by atoms with Gasteiger partial charge < -0.3 is 10.5 Å². The Labute approximate surface area is 87.6 Å². The van der Waals surface area contributed by atoms with Crippen LogP contribution in [0.2, 0.25) is 0 Å². The van der Waals surface area contributed by atoms with Gasteiger partial charge in [0.05, 0.1) is 22.2 Å². The minimum absolute atomic E-state index is 0.0805. The fourth-order valence-corrected chi connectivity index (χ4v) is 2.20. The molecule has 0 amide bonds. The zero-order valence-electron chi connectivity index (χ0n) is 8.46. The lowest BCUT2D eigenvalue weighted by molar-refractivity contribution is 0.181. The number of hydrogen-bond donors (Lipinski definition) is 2. The summed E-state index contributed by atoms with van der Waals surface area (Å²) in [6, 6.07) is 0. The Morgan fingerprint density at radius 1 is 1.64 bits per heavy atom. The van der Waals surface area contributed by atoms with Crippen molar-refractivity contribution in [1.82, 2.24) is 4.98 Å². The van der Waals surface area contributed by atoms with E-state index >= 15 is 0 Å². The summed E-state index contributed by atoms with van der Waals surface area (Å²) in [6.07, 6.45) is 1.99. The first-order valence-corrected chi connectivity index (χ1v) is 5.32. The lowest BCUT2D eigenvalue weighted by atomic mass is 10.3. The molecule has 0 saturated carbocycles. The van der Waals surface area contributed by atoms with Gasteiger partial charge in [-0.1, -0.05) is 6.92 Å². The molecular weight excluding hydrogens is 198 g/mol. The second-order valence-corrected chi connectivity index (χ2v) is 4.06. The molecule has 1 heterocycles. The number of amidine groups is 1. The van der Waals surface area contributed by atoms with Crippen LogP contribution in [0.15, 0.2) is 0 Å². The van der Waals surface area contributed by atoms with Crippen LogP contribution in [0.5, 0.6) is 0 Å². The maximum atomic E-state index is 7.39. The molecule has 3 N–H and O–H groups in total. The van der Waals surface area contributed by atoms with Crippen LogP contribution in [0, 0.1) is 5.41 Å².